The van der Waals surface area contributed by atoms with Gasteiger partial charge in [0.15, 0.2) is 0 Å². The number of ether oxygens (including phenoxy) is 1. The molecule has 7 heteroatoms. The number of aromatic nitrogens is 3. The van der Waals surface area contributed by atoms with Gasteiger partial charge in [0.2, 0.25) is 11.8 Å². The summed E-state index contributed by atoms with van der Waals surface area (Å²) in [5.41, 5.74) is 3.03. The van der Waals surface area contributed by atoms with E-state index in [4.69, 9.17) is 4.74 Å². The van der Waals surface area contributed by atoms with Crippen molar-refractivity contribution in [2.45, 2.75) is 31.8 Å². The lowest BCUT2D eigenvalue weighted by atomic mass is 9.96. The molecule has 2 aliphatic rings. The SMILES string of the molecule is COc1ncccc1CN1Cc2ncn(C)c2C(C(=O)NCC2CC2)C1. The van der Waals surface area contributed by atoms with E-state index in [1.807, 2.05) is 23.7 Å². The smallest absolute Gasteiger partial charge is 0.230 e. The first-order valence-electron chi connectivity index (χ1n) is 9.13. The van der Waals surface area contributed by atoms with Gasteiger partial charge in [-0.1, -0.05) is 6.07 Å². The molecule has 1 unspecified atom stereocenters. The van der Waals surface area contributed by atoms with Crippen LogP contribution in [0.15, 0.2) is 24.7 Å². The summed E-state index contributed by atoms with van der Waals surface area (Å²) in [7, 11) is 3.60. The molecule has 1 fully saturated rings. The van der Waals surface area contributed by atoms with Gasteiger partial charge in [-0.05, 0) is 24.8 Å². The van der Waals surface area contributed by atoms with Crippen LogP contribution in [0.2, 0.25) is 0 Å². The molecule has 3 heterocycles. The zero-order valence-electron chi connectivity index (χ0n) is 15.3. The lowest BCUT2D eigenvalue weighted by molar-refractivity contribution is -0.123. The van der Waals surface area contributed by atoms with Crippen LogP contribution in [-0.4, -0.2) is 45.5 Å². The summed E-state index contributed by atoms with van der Waals surface area (Å²) in [4.78, 5) is 23.9. The summed E-state index contributed by atoms with van der Waals surface area (Å²) in [6.45, 7) is 2.86. The Labute approximate surface area is 153 Å². The lowest BCUT2D eigenvalue weighted by Crippen LogP contribution is -2.42. The van der Waals surface area contributed by atoms with Gasteiger partial charge in [-0.2, -0.15) is 0 Å². The number of amides is 1. The van der Waals surface area contributed by atoms with Crippen molar-refractivity contribution in [3.05, 3.63) is 41.6 Å². The molecule has 1 saturated carbocycles. The largest absolute Gasteiger partial charge is 0.481 e. The fourth-order valence-electron chi connectivity index (χ4n) is 3.66. The summed E-state index contributed by atoms with van der Waals surface area (Å²) >= 11 is 0. The predicted octanol–water partition coefficient (Wildman–Crippen LogP) is 1.45. The molecule has 1 atom stereocenters. The monoisotopic (exact) mass is 355 g/mol. The summed E-state index contributed by atoms with van der Waals surface area (Å²) < 4.78 is 7.35. The Bertz CT molecular complexity index is 799. The minimum absolute atomic E-state index is 0.101. The molecule has 0 radical (unpaired) electrons. The van der Waals surface area contributed by atoms with Crippen LogP contribution in [0.5, 0.6) is 5.88 Å². The van der Waals surface area contributed by atoms with E-state index in [-0.39, 0.29) is 11.8 Å². The third kappa shape index (κ3) is 3.44. The number of pyridine rings is 1. The number of fused-ring (bicyclic) bond motifs is 1. The van der Waals surface area contributed by atoms with Gasteiger partial charge in [0.25, 0.3) is 0 Å². The first-order chi connectivity index (χ1) is 12.7. The minimum atomic E-state index is -0.201. The highest BCUT2D eigenvalue weighted by Crippen LogP contribution is 2.31. The topological polar surface area (TPSA) is 72.3 Å². The second kappa shape index (κ2) is 7.07. The Morgan fingerprint density at radius 2 is 2.23 bits per heavy atom. The number of aryl methyl sites for hydroxylation is 1. The Balaban J connectivity index is 1.53. The van der Waals surface area contributed by atoms with E-state index in [1.54, 1.807) is 19.6 Å². The van der Waals surface area contributed by atoms with Gasteiger partial charge < -0.3 is 14.6 Å². The Morgan fingerprint density at radius 3 is 3.00 bits per heavy atom. The number of imidazole rings is 1. The van der Waals surface area contributed by atoms with Crippen molar-refractivity contribution in [3.63, 3.8) is 0 Å². The minimum Gasteiger partial charge on any atom is -0.481 e. The van der Waals surface area contributed by atoms with Crippen LogP contribution in [0.25, 0.3) is 0 Å². The van der Waals surface area contributed by atoms with Crippen LogP contribution < -0.4 is 10.1 Å². The first kappa shape index (κ1) is 17.0. The van der Waals surface area contributed by atoms with Gasteiger partial charge in [0, 0.05) is 45.0 Å². The van der Waals surface area contributed by atoms with Crippen LogP contribution in [0.4, 0.5) is 0 Å². The maximum absolute atomic E-state index is 12.8. The van der Waals surface area contributed by atoms with E-state index in [2.05, 4.69) is 20.2 Å². The number of nitrogens with one attached hydrogen (secondary N) is 1. The van der Waals surface area contributed by atoms with Crippen molar-refractivity contribution >= 4 is 5.91 Å². The molecular formula is C19H25N5O2. The highest BCUT2D eigenvalue weighted by atomic mass is 16.5. The Kier molecular flexibility index (Phi) is 4.63. The predicted molar refractivity (Wildman–Crippen MR) is 96.6 cm³/mol. The van der Waals surface area contributed by atoms with Crippen LogP contribution in [0.3, 0.4) is 0 Å². The fourth-order valence-corrected chi connectivity index (χ4v) is 3.66. The third-order valence-corrected chi connectivity index (χ3v) is 5.22. The Hall–Kier alpha value is -2.41. The normalized spacial score (nSPS) is 19.8. The van der Waals surface area contributed by atoms with Crippen molar-refractivity contribution in [2.75, 3.05) is 20.2 Å². The van der Waals surface area contributed by atoms with Gasteiger partial charge in [0.1, 0.15) is 0 Å². The third-order valence-electron chi connectivity index (χ3n) is 5.22. The summed E-state index contributed by atoms with van der Waals surface area (Å²) in [5.74, 6) is 1.20. The number of hydrogen-bond donors (Lipinski definition) is 1. The van der Waals surface area contributed by atoms with Crippen LogP contribution in [0, 0.1) is 5.92 Å². The van der Waals surface area contributed by atoms with E-state index >= 15 is 0 Å². The van der Waals surface area contributed by atoms with Crippen LogP contribution in [0.1, 0.15) is 35.7 Å². The molecule has 0 aromatic carbocycles. The maximum Gasteiger partial charge on any atom is 0.230 e. The lowest BCUT2D eigenvalue weighted by Gasteiger charge is -2.32. The molecule has 2 aromatic heterocycles. The quantitative estimate of drug-likeness (QED) is 0.849. The Morgan fingerprint density at radius 1 is 1.38 bits per heavy atom. The average molecular weight is 355 g/mol. The number of methoxy groups -OCH3 is 1. The van der Waals surface area contributed by atoms with Gasteiger partial charge >= 0.3 is 0 Å². The fraction of sp³-hybridized carbons (Fsp3) is 0.526. The van der Waals surface area contributed by atoms with Crippen molar-refractivity contribution < 1.29 is 9.53 Å². The zero-order valence-corrected chi connectivity index (χ0v) is 15.3. The highest BCUT2D eigenvalue weighted by molar-refractivity contribution is 5.84. The zero-order chi connectivity index (χ0) is 18.1. The number of nitrogens with zero attached hydrogens (tertiary/aromatic N) is 4. The molecule has 138 valence electrons. The number of rotatable bonds is 6. The molecule has 4 rings (SSSR count). The maximum atomic E-state index is 12.8. The van der Waals surface area contributed by atoms with Crippen molar-refractivity contribution in [1.82, 2.24) is 24.8 Å². The molecule has 0 spiro atoms. The average Bonchev–Trinajstić information content (AvgIpc) is 3.42. The molecule has 7 nitrogen and oxygen atoms in total. The molecule has 1 aliphatic heterocycles. The van der Waals surface area contributed by atoms with Gasteiger partial charge in [-0.3, -0.25) is 9.69 Å². The highest BCUT2D eigenvalue weighted by Gasteiger charge is 2.34. The van der Waals surface area contributed by atoms with E-state index < -0.39 is 0 Å². The summed E-state index contributed by atoms with van der Waals surface area (Å²) in [6.07, 6.45) is 5.99. The standard InChI is InChI=1S/C19H25N5O2/c1-23-12-22-16-11-24(9-14-4-3-7-20-19(14)26-2)10-15(17(16)23)18(25)21-8-13-5-6-13/h3-4,7,12-13,15H,5-6,8-11H2,1-2H3,(H,21,25). The molecule has 1 aliphatic carbocycles. The van der Waals surface area contributed by atoms with E-state index in [0.717, 1.165) is 30.0 Å². The van der Waals surface area contributed by atoms with E-state index in [0.29, 0.717) is 24.9 Å². The summed E-state index contributed by atoms with van der Waals surface area (Å²) in [5, 5.41) is 3.14. The van der Waals surface area contributed by atoms with Crippen molar-refractivity contribution in [3.8, 4) is 5.88 Å². The first-order valence-corrected chi connectivity index (χ1v) is 9.13. The molecule has 0 saturated heterocycles. The summed E-state index contributed by atoms with van der Waals surface area (Å²) in [6, 6.07) is 3.93. The van der Waals surface area contributed by atoms with E-state index in [1.165, 1.54) is 12.8 Å². The number of hydrogen-bond acceptors (Lipinski definition) is 5. The molecule has 1 N–H and O–H groups in total. The van der Waals surface area contributed by atoms with Crippen molar-refractivity contribution in [2.24, 2.45) is 13.0 Å². The molecule has 26 heavy (non-hydrogen) atoms. The second-order valence-corrected chi connectivity index (χ2v) is 7.27. The van der Waals surface area contributed by atoms with Gasteiger partial charge in [0.05, 0.1) is 30.7 Å². The molecule has 2 aromatic rings. The number of carbonyl (C=O) groups is 1. The molecular weight excluding hydrogens is 330 g/mol. The van der Waals surface area contributed by atoms with Gasteiger partial charge in [-0.25, -0.2) is 9.97 Å². The second-order valence-electron chi connectivity index (χ2n) is 7.27. The molecule has 1 amide bonds. The van der Waals surface area contributed by atoms with E-state index in [9.17, 15) is 4.79 Å². The number of carbonyl (C=O) groups excluding carboxylic acids is 1. The van der Waals surface area contributed by atoms with Crippen molar-refractivity contribution in [1.29, 1.82) is 0 Å². The molecule has 0 bridgehead atoms. The van der Waals surface area contributed by atoms with Gasteiger partial charge in [-0.15, -0.1) is 0 Å². The van der Waals surface area contributed by atoms with Crippen LogP contribution in [-0.2, 0) is 24.9 Å². The van der Waals surface area contributed by atoms with Crippen LogP contribution >= 0.6 is 0 Å².